The van der Waals surface area contributed by atoms with Crippen LogP contribution in [0.2, 0.25) is 0 Å². The lowest BCUT2D eigenvalue weighted by atomic mass is 10.2. The van der Waals surface area contributed by atoms with Crippen molar-refractivity contribution in [3.05, 3.63) is 18.0 Å². The summed E-state index contributed by atoms with van der Waals surface area (Å²) >= 11 is 0. The summed E-state index contributed by atoms with van der Waals surface area (Å²) in [5.41, 5.74) is 0.873. The Labute approximate surface area is 92.0 Å². The molecule has 0 aromatic carbocycles. The molecule has 1 N–H and O–H groups in total. The Kier molecular flexibility index (Phi) is 3.43. The Hall–Kier alpha value is -0.810. The molecule has 0 saturated carbocycles. The van der Waals surface area contributed by atoms with Crippen LogP contribution in [-0.2, 0) is 10.8 Å². The van der Waals surface area contributed by atoms with E-state index in [9.17, 15) is 4.21 Å². The fraction of sp³-hybridized carbons (Fsp3) is 0.600. The first-order chi connectivity index (χ1) is 7.25. The maximum atomic E-state index is 11.9. The van der Waals surface area contributed by atoms with Gasteiger partial charge in [0.2, 0.25) is 5.16 Å². The topological polar surface area (TPSA) is 54.9 Å². The van der Waals surface area contributed by atoms with E-state index in [0.29, 0.717) is 16.8 Å². The fourth-order valence-electron chi connectivity index (χ4n) is 1.68. The van der Waals surface area contributed by atoms with Crippen LogP contribution in [0.4, 0.5) is 0 Å². The molecule has 1 aromatic heterocycles. The first-order valence-electron chi connectivity index (χ1n) is 5.14. The van der Waals surface area contributed by atoms with Crippen LogP contribution >= 0.6 is 0 Å². The molecule has 1 aliphatic rings. The number of nitrogens with one attached hydrogen (secondary N) is 1. The van der Waals surface area contributed by atoms with Crippen molar-refractivity contribution in [2.24, 2.45) is 5.92 Å². The highest BCUT2D eigenvalue weighted by molar-refractivity contribution is 7.84. The lowest BCUT2D eigenvalue weighted by molar-refractivity contribution is 0.627. The van der Waals surface area contributed by atoms with Crippen LogP contribution in [0.5, 0.6) is 0 Å². The standard InChI is InChI=1S/C10H15N3OS/c1-8-2-5-12-10(13-8)15(14)7-9-3-4-11-6-9/h2,5,9,11H,3-4,6-7H2,1H3/t9-,15-/m1/s1. The van der Waals surface area contributed by atoms with Gasteiger partial charge in [0.25, 0.3) is 0 Å². The van der Waals surface area contributed by atoms with Gasteiger partial charge < -0.3 is 5.32 Å². The molecule has 2 rings (SSSR count). The molecule has 4 nitrogen and oxygen atoms in total. The van der Waals surface area contributed by atoms with Crippen molar-refractivity contribution >= 4 is 10.8 Å². The van der Waals surface area contributed by atoms with Crippen LogP contribution in [0.1, 0.15) is 12.1 Å². The zero-order valence-electron chi connectivity index (χ0n) is 8.77. The highest BCUT2D eigenvalue weighted by Crippen LogP contribution is 2.12. The monoisotopic (exact) mass is 225 g/mol. The smallest absolute Gasteiger partial charge is 0.218 e. The molecule has 0 bridgehead atoms. The Morgan fingerprint density at radius 1 is 1.67 bits per heavy atom. The van der Waals surface area contributed by atoms with Crippen molar-refractivity contribution in [2.45, 2.75) is 18.5 Å². The van der Waals surface area contributed by atoms with Gasteiger partial charge in [0.05, 0.1) is 10.8 Å². The molecule has 0 aliphatic carbocycles. The first kappa shape index (κ1) is 10.7. The summed E-state index contributed by atoms with van der Waals surface area (Å²) < 4.78 is 11.9. The van der Waals surface area contributed by atoms with Gasteiger partial charge in [-0.05, 0) is 38.4 Å². The summed E-state index contributed by atoms with van der Waals surface area (Å²) in [4.78, 5) is 8.23. The summed E-state index contributed by atoms with van der Waals surface area (Å²) in [5, 5.41) is 3.74. The van der Waals surface area contributed by atoms with Crippen LogP contribution in [0, 0.1) is 12.8 Å². The highest BCUT2D eigenvalue weighted by Gasteiger charge is 2.19. The second kappa shape index (κ2) is 4.81. The van der Waals surface area contributed by atoms with Crippen molar-refractivity contribution < 1.29 is 4.21 Å². The fourth-order valence-corrected chi connectivity index (χ4v) is 2.97. The SMILES string of the molecule is Cc1ccnc([S@](=O)C[C@@H]2CCNC2)n1. The van der Waals surface area contributed by atoms with Gasteiger partial charge in [0.1, 0.15) is 0 Å². The Morgan fingerprint density at radius 3 is 3.20 bits per heavy atom. The zero-order valence-corrected chi connectivity index (χ0v) is 9.59. The molecule has 1 saturated heterocycles. The van der Waals surface area contributed by atoms with E-state index in [1.807, 2.05) is 13.0 Å². The molecular formula is C10H15N3OS. The summed E-state index contributed by atoms with van der Waals surface area (Å²) in [6, 6.07) is 1.82. The van der Waals surface area contributed by atoms with Gasteiger partial charge in [-0.3, -0.25) is 4.21 Å². The highest BCUT2D eigenvalue weighted by atomic mass is 32.2. The summed E-state index contributed by atoms with van der Waals surface area (Å²) in [5.74, 6) is 1.19. The normalized spacial score (nSPS) is 22.9. The Balaban J connectivity index is 2.01. The average molecular weight is 225 g/mol. The lowest BCUT2D eigenvalue weighted by Crippen LogP contribution is -2.16. The number of nitrogens with zero attached hydrogens (tertiary/aromatic N) is 2. The Morgan fingerprint density at radius 2 is 2.53 bits per heavy atom. The molecule has 82 valence electrons. The maximum Gasteiger partial charge on any atom is 0.218 e. The van der Waals surface area contributed by atoms with E-state index >= 15 is 0 Å². The molecule has 0 unspecified atom stereocenters. The van der Waals surface area contributed by atoms with Crippen molar-refractivity contribution in [1.29, 1.82) is 0 Å². The minimum Gasteiger partial charge on any atom is -0.316 e. The van der Waals surface area contributed by atoms with Gasteiger partial charge in [-0.15, -0.1) is 0 Å². The van der Waals surface area contributed by atoms with E-state index in [-0.39, 0.29) is 0 Å². The van der Waals surface area contributed by atoms with Crippen molar-refractivity contribution in [2.75, 3.05) is 18.8 Å². The van der Waals surface area contributed by atoms with Gasteiger partial charge in [0.15, 0.2) is 0 Å². The van der Waals surface area contributed by atoms with E-state index in [0.717, 1.165) is 25.2 Å². The van der Waals surface area contributed by atoms with Crippen LogP contribution in [0.3, 0.4) is 0 Å². The van der Waals surface area contributed by atoms with Crippen molar-refractivity contribution in [3.63, 3.8) is 0 Å². The third-order valence-corrected chi connectivity index (χ3v) is 3.90. The maximum absolute atomic E-state index is 11.9. The molecule has 1 aliphatic heterocycles. The minimum absolute atomic E-state index is 0.474. The number of aromatic nitrogens is 2. The molecule has 2 heterocycles. The second-order valence-corrected chi connectivity index (χ2v) is 5.24. The van der Waals surface area contributed by atoms with E-state index in [1.165, 1.54) is 0 Å². The minimum atomic E-state index is -1.05. The molecule has 5 heteroatoms. The zero-order chi connectivity index (χ0) is 10.7. The Bertz CT molecular complexity index is 363. The van der Waals surface area contributed by atoms with Crippen molar-refractivity contribution in [3.8, 4) is 0 Å². The predicted octanol–water partition coefficient (Wildman–Crippen LogP) is 0.502. The van der Waals surface area contributed by atoms with Gasteiger partial charge >= 0.3 is 0 Å². The van der Waals surface area contributed by atoms with Crippen LogP contribution in [-0.4, -0.2) is 33.0 Å². The van der Waals surface area contributed by atoms with Crippen molar-refractivity contribution in [1.82, 2.24) is 15.3 Å². The van der Waals surface area contributed by atoms with Gasteiger partial charge in [-0.1, -0.05) is 0 Å². The molecule has 1 fully saturated rings. The van der Waals surface area contributed by atoms with Gasteiger partial charge in [-0.25, -0.2) is 9.97 Å². The van der Waals surface area contributed by atoms with Gasteiger partial charge in [-0.2, -0.15) is 0 Å². The second-order valence-electron chi connectivity index (χ2n) is 3.85. The van der Waals surface area contributed by atoms with Gasteiger partial charge in [0, 0.05) is 17.6 Å². The van der Waals surface area contributed by atoms with Crippen LogP contribution < -0.4 is 5.32 Å². The van der Waals surface area contributed by atoms with E-state index in [1.54, 1.807) is 6.20 Å². The average Bonchev–Trinajstić information content (AvgIpc) is 2.70. The summed E-state index contributed by atoms with van der Waals surface area (Å²) in [6.45, 7) is 3.90. The summed E-state index contributed by atoms with van der Waals surface area (Å²) in [7, 11) is -1.05. The van der Waals surface area contributed by atoms with E-state index in [2.05, 4.69) is 15.3 Å². The molecule has 0 spiro atoms. The first-order valence-corrected chi connectivity index (χ1v) is 6.46. The molecule has 15 heavy (non-hydrogen) atoms. The lowest BCUT2D eigenvalue weighted by Gasteiger charge is -2.06. The largest absolute Gasteiger partial charge is 0.316 e. The molecule has 0 radical (unpaired) electrons. The summed E-state index contributed by atoms with van der Waals surface area (Å²) in [6.07, 6.45) is 2.78. The van der Waals surface area contributed by atoms with Crippen LogP contribution in [0.15, 0.2) is 17.4 Å². The molecule has 2 atom stereocenters. The number of hydrogen-bond acceptors (Lipinski definition) is 4. The van der Waals surface area contributed by atoms with Crippen LogP contribution in [0.25, 0.3) is 0 Å². The third-order valence-electron chi connectivity index (χ3n) is 2.53. The quantitative estimate of drug-likeness (QED) is 0.761. The third kappa shape index (κ3) is 2.82. The molecule has 0 amide bonds. The predicted molar refractivity (Wildman–Crippen MR) is 59.0 cm³/mol. The number of rotatable bonds is 3. The molecule has 1 aromatic rings. The number of aryl methyl sites for hydroxylation is 1. The van der Waals surface area contributed by atoms with E-state index in [4.69, 9.17) is 0 Å². The molecular weight excluding hydrogens is 210 g/mol. The number of hydrogen-bond donors (Lipinski definition) is 1. The van der Waals surface area contributed by atoms with E-state index < -0.39 is 10.8 Å².